The summed E-state index contributed by atoms with van der Waals surface area (Å²) in [5.74, 6) is 0.0897. The SMILES string of the molecule is Nc1cc(/C=C/c2cc(/C=C/c3ccc4cc[nH]c4c3)[nH]n2)ccc1O. The second-order valence-corrected chi connectivity index (χ2v) is 6.06. The summed E-state index contributed by atoms with van der Waals surface area (Å²) in [5.41, 5.74) is 10.9. The summed E-state index contributed by atoms with van der Waals surface area (Å²) in [6.07, 6.45) is 9.77. The molecule has 2 heterocycles. The standard InChI is InChI=1S/C21H18N4O/c22-19-11-14(4-8-21(19)26)2-6-17-13-18(25-24-17)7-3-15-1-5-16-9-10-23-20(16)12-15/h1-13,23,26H,22H2,(H,24,25)/b6-2+,7-3+. The number of rotatable bonds is 4. The van der Waals surface area contributed by atoms with Gasteiger partial charge in [-0.2, -0.15) is 5.10 Å². The Balaban J connectivity index is 1.48. The molecular weight excluding hydrogens is 324 g/mol. The summed E-state index contributed by atoms with van der Waals surface area (Å²) < 4.78 is 0. The van der Waals surface area contributed by atoms with E-state index in [4.69, 9.17) is 5.73 Å². The first kappa shape index (κ1) is 15.8. The lowest BCUT2D eigenvalue weighted by Gasteiger charge is -1.98. The van der Waals surface area contributed by atoms with Gasteiger partial charge in [0.2, 0.25) is 0 Å². The van der Waals surface area contributed by atoms with Gasteiger partial charge in [-0.3, -0.25) is 5.10 Å². The highest BCUT2D eigenvalue weighted by Crippen LogP contribution is 2.21. The third kappa shape index (κ3) is 3.37. The third-order valence-electron chi connectivity index (χ3n) is 4.15. The molecule has 4 aromatic rings. The number of aromatic amines is 2. The molecule has 0 atom stereocenters. The number of H-pyrrole nitrogens is 2. The number of phenols is 1. The number of phenolic OH excluding ortho intramolecular Hbond substituents is 1. The molecule has 2 aromatic heterocycles. The Bertz CT molecular complexity index is 1120. The number of aromatic nitrogens is 3. The molecule has 26 heavy (non-hydrogen) atoms. The topological polar surface area (TPSA) is 90.7 Å². The highest BCUT2D eigenvalue weighted by molar-refractivity contribution is 5.83. The highest BCUT2D eigenvalue weighted by Gasteiger charge is 1.99. The first-order chi connectivity index (χ1) is 12.7. The molecule has 0 bridgehead atoms. The van der Waals surface area contributed by atoms with Gasteiger partial charge in [0.25, 0.3) is 0 Å². The van der Waals surface area contributed by atoms with Gasteiger partial charge < -0.3 is 15.8 Å². The summed E-state index contributed by atoms with van der Waals surface area (Å²) in [5, 5.41) is 17.9. The molecule has 0 spiro atoms. The molecule has 128 valence electrons. The smallest absolute Gasteiger partial charge is 0.138 e. The van der Waals surface area contributed by atoms with Crippen molar-refractivity contribution in [3.05, 3.63) is 77.2 Å². The van der Waals surface area contributed by atoms with E-state index in [9.17, 15) is 5.11 Å². The molecule has 0 aliphatic heterocycles. The number of anilines is 1. The van der Waals surface area contributed by atoms with E-state index >= 15 is 0 Å². The van der Waals surface area contributed by atoms with Crippen molar-refractivity contribution in [3.8, 4) is 5.75 Å². The lowest BCUT2D eigenvalue weighted by molar-refractivity contribution is 0.478. The van der Waals surface area contributed by atoms with Crippen molar-refractivity contribution < 1.29 is 5.11 Å². The van der Waals surface area contributed by atoms with Crippen molar-refractivity contribution >= 4 is 40.9 Å². The Morgan fingerprint density at radius 3 is 2.58 bits per heavy atom. The molecular formula is C21H18N4O. The van der Waals surface area contributed by atoms with Crippen LogP contribution in [0.5, 0.6) is 5.75 Å². The molecule has 0 aliphatic carbocycles. The van der Waals surface area contributed by atoms with Crippen molar-refractivity contribution in [1.82, 2.24) is 15.2 Å². The Labute approximate surface area is 150 Å². The molecule has 4 rings (SSSR count). The average Bonchev–Trinajstić information content (AvgIpc) is 3.29. The van der Waals surface area contributed by atoms with Crippen LogP contribution in [0, 0.1) is 0 Å². The Morgan fingerprint density at radius 1 is 0.885 bits per heavy atom. The minimum Gasteiger partial charge on any atom is -0.506 e. The number of nitrogen functional groups attached to an aromatic ring is 1. The van der Waals surface area contributed by atoms with Crippen LogP contribution in [-0.4, -0.2) is 20.3 Å². The van der Waals surface area contributed by atoms with Crippen LogP contribution >= 0.6 is 0 Å². The molecule has 2 aromatic carbocycles. The van der Waals surface area contributed by atoms with E-state index in [-0.39, 0.29) is 5.75 Å². The van der Waals surface area contributed by atoms with Gasteiger partial charge in [0.05, 0.1) is 17.1 Å². The van der Waals surface area contributed by atoms with Gasteiger partial charge in [0, 0.05) is 11.7 Å². The van der Waals surface area contributed by atoms with Crippen LogP contribution in [0.4, 0.5) is 5.69 Å². The Hall–Kier alpha value is -3.73. The summed E-state index contributed by atoms with van der Waals surface area (Å²) in [7, 11) is 0. The zero-order valence-electron chi connectivity index (χ0n) is 14.0. The number of benzene rings is 2. The maximum absolute atomic E-state index is 9.46. The normalized spacial score (nSPS) is 11.8. The van der Waals surface area contributed by atoms with E-state index in [0.717, 1.165) is 28.0 Å². The largest absolute Gasteiger partial charge is 0.506 e. The molecule has 0 aliphatic rings. The van der Waals surface area contributed by atoms with Crippen molar-refractivity contribution in [2.24, 2.45) is 0 Å². The molecule has 0 amide bonds. The van der Waals surface area contributed by atoms with Crippen molar-refractivity contribution in [2.75, 3.05) is 5.73 Å². The average molecular weight is 342 g/mol. The summed E-state index contributed by atoms with van der Waals surface area (Å²) >= 11 is 0. The van der Waals surface area contributed by atoms with E-state index in [1.165, 1.54) is 5.39 Å². The summed E-state index contributed by atoms with van der Waals surface area (Å²) in [6.45, 7) is 0. The fourth-order valence-electron chi connectivity index (χ4n) is 2.74. The van der Waals surface area contributed by atoms with Crippen LogP contribution in [0.3, 0.4) is 0 Å². The lowest BCUT2D eigenvalue weighted by atomic mass is 10.1. The number of nitrogens with two attached hydrogens (primary N) is 1. The van der Waals surface area contributed by atoms with E-state index in [2.05, 4.69) is 39.4 Å². The zero-order chi connectivity index (χ0) is 17.9. The van der Waals surface area contributed by atoms with Crippen molar-refractivity contribution in [3.63, 3.8) is 0 Å². The quantitative estimate of drug-likeness (QED) is 0.325. The number of hydrogen-bond donors (Lipinski definition) is 4. The molecule has 0 saturated carbocycles. The number of nitrogens with zero attached hydrogens (tertiary/aromatic N) is 1. The van der Waals surface area contributed by atoms with Gasteiger partial charge in [-0.15, -0.1) is 0 Å². The van der Waals surface area contributed by atoms with Crippen LogP contribution in [0.15, 0.2) is 54.7 Å². The van der Waals surface area contributed by atoms with Gasteiger partial charge in [-0.1, -0.05) is 30.4 Å². The first-order valence-electron chi connectivity index (χ1n) is 8.24. The molecule has 0 radical (unpaired) electrons. The van der Waals surface area contributed by atoms with Crippen LogP contribution in [0.25, 0.3) is 35.2 Å². The predicted octanol–water partition coefficient (Wildman–Crippen LogP) is 4.52. The van der Waals surface area contributed by atoms with E-state index in [1.807, 2.05) is 36.6 Å². The Morgan fingerprint density at radius 2 is 1.69 bits per heavy atom. The van der Waals surface area contributed by atoms with Gasteiger partial charge in [-0.05, 0) is 59.0 Å². The number of fused-ring (bicyclic) bond motifs is 1. The van der Waals surface area contributed by atoms with Gasteiger partial charge in [0.15, 0.2) is 0 Å². The lowest BCUT2D eigenvalue weighted by Crippen LogP contribution is -1.85. The summed E-state index contributed by atoms with van der Waals surface area (Å²) in [4.78, 5) is 3.21. The molecule has 5 heteroatoms. The number of nitrogens with one attached hydrogen (secondary N) is 2. The second kappa shape index (κ2) is 6.64. The number of hydrogen-bond acceptors (Lipinski definition) is 3. The van der Waals surface area contributed by atoms with Crippen LogP contribution in [0.2, 0.25) is 0 Å². The second-order valence-electron chi connectivity index (χ2n) is 6.06. The summed E-state index contributed by atoms with van der Waals surface area (Å²) in [6, 6.07) is 15.4. The van der Waals surface area contributed by atoms with E-state index < -0.39 is 0 Å². The van der Waals surface area contributed by atoms with Crippen LogP contribution in [-0.2, 0) is 0 Å². The fourth-order valence-corrected chi connectivity index (χ4v) is 2.74. The van der Waals surface area contributed by atoms with E-state index in [0.29, 0.717) is 5.69 Å². The van der Waals surface area contributed by atoms with Gasteiger partial charge in [-0.25, -0.2) is 0 Å². The van der Waals surface area contributed by atoms with Crippen molar-refractivity contribution in [2.45, 2.75) is 0 Å². The van der Waals surface area contributed by atoms with Gasteiger partial charge in [0.1, 0.15) is 5.75 Å². The zero-order valence-corrected chi connectivity index (χ0v) is 14.0. The predicted molar refractivity (Wildman–Crippen MR) is 107 cm³/mol. The molecule has 0 unspecified atom stereocenters. The van der Waals surface area contributed by atoms with Gasteiger partial charge >= 0.3 is 0 Å². The molecule has 5 N–H and O–H groups in total. The maximum Gasteiger partial charge on any atom is 0.138 e. The van der Waals surface area contributed by atoms with E-state index in [1.54, 1.807) is 18.2 Å². The monoisotopic (exact) mass is 342 g/mol. The molecule has 5 nitrogen and oxygen atoms in total. The van der Waals surface area contributed by atoms with Crippen LogP contribution < -0.4 is 5.73 Å². The Kier molecular flexibility index (Phi) is 4.03. The highest BCUT2D eigenvalue weighted by atomic mass is 16.3. The molecule has 0 saturated heterocycles. The fraction of sp³-hybridized carbons (Fsp3) is 0. The van der Waals surface area contributed by atoms with Crippen LogP contribution in [0.1, 0.15) is 22.5 Å². The number of aromatic hydroxyl groups is 1. The minimum atomic E-state index is 0.0897. The molecule has 0 fully saturated rings. The minimum absolute atomic E-state index is 0.0897. The third-order valence-corrected chi connectivity index (χ3v) is 4.15. The first-order valence-corrected chi connectivity index (χ1v) is 8.24. The maximum atomic E-state index is 9.46. The van der Waals surface area contributed by atoms with Crippen molar-refractivity contribution in [1.29, 1.82) is 0 Å².